The SMILES string of the molecule is CCCC/C=C\CCCCCCCC(=O)OC(COCCCCCCCCCCCCCCCCCCCC)COC(=O)CCCCCCCCCCCCCCCCC. The predicted octanol–water partition coefficient (Wildman–Crippen LogP) is 18.2. The minimum atomic E-state index is -0.530. The lowest BCUT2D eigenvalue weighted by Crippen LogP contribution is -2.30. The van der Waals surface area contributed by atoms with Crippen LogP contribution in [0.1, 0.15) is 303 Å². The highest BCUT2D eigenvalue weighted by molar-refractivity contribution is 5.70. The Labute approximate surface area is 375 Å². The van der Waals surface area contributed by atoms with Crippen molar-refractivity contribution >= 4 is 11.9 Å². The van der Waals surface area contributed by atoms with Crippen molar-refractivity contribution in [3.8, 4) is 0 Å². The molecule has 60 heavy (non-hydrogen) atoms. The molecular formula is C55H106O5. The van der Waals surface area contributed by atoms with E-state index in [0.717, 1.165) is 44.9 Å². The molecule has 0 rings (SSSR count). The largest absolute Gasteiger partial charge is 0.462 e. The summed E-state index contributed by atoms with van der Waals surface area (Å²) in [4.78, 5) is 25.4. The lowest BCUT2D eigenvalue weighted by molar-refractivity contribution is -0.163. The van der Waals surface area contributed by atoms with Crippen LogP contribution in [0, 0.1) is 0 Å². The Bertz CT molecular complexity index is 871. The molecule has 0 bridgehead atoms. The number of rotatable bonds is 51. The number of hydrogen-bond acceptors (Lipinski definition) is 5. The molecule has 0 aromatic heterocycles. The van der Waals surface area contributed by atoms with Crippen molar-refractivity contribution < 1.29 is 23.8 Å². The molecule has 0 fully saturated rings. The van der Waals surface area contributed by atoms with Gasteiger partial charge in [0.05, 0.1) is 6.61 Å². The summed E-state index contributed by atoms with van der Waals surface area (Å²) in [6.45, 7) is 7.86. The van der Waals surface area contributed by atoms with Gasteiger partial charge >= 0.3 is 11.9 Å². The topological polar surface area (TPSA) is 61.8 Å². The third-order valence-corrected chi connectivity index (χ3v) is 12.3. The maximum atomic E-state index is 12.8. The average Bonchev–Trinajstić information content (AvgIpc) is 3.25. The summed E-state index contributed by atoms with van der Waals surface area (Å²) in [6, 6.07) is 0. The zero-order valence-corrected chi connectivity index (χ0v) is 41.0. The Kier molecular flexibility index (Phi) is 50.8. The van der Waals surface area contributed by atoms with Crippen molar-refractivity contribution in [2.75, 3.05) is 19.8 Å². The van der Waals surface area contributed by atoms with Crippen molar-refractivity contribution in [1.82, 2.24) is 0 Å². The van der Waals surface area contributed by atoms with E-state index in [1.165, 1.54) is 225 Å². The summed E-state index contributed by atoms with van der Waals surface area (Å²) in [6.07, 6.45) is 59.4. The van der Waals surface area contributed by atoms with E-state index >= 15 is 0 Å². The fraction of sp³-hybridized carbons (Fsp3) is 0.927. The van der Waals surface area contributed by atoms with E-state index in [9.17, 15) is 9.59 Å². The molecule has 0 saturated carbocycles. The summed E-state index contributed by atoms with van der Waals surface area (Å²) < 4.78 is 17.4. The number of hydrogen-bond donors (Lipinski definition) is 0. The molecule has 0 aromatic carbocycles. The lowest BCUT2D eigenvalue weighted by Gasteiger charge is -2.18. The molecule has 1 unspecified atom stereocenters. The van der Waals surface area contributed by atoms with Gasteiger partial charge in [-0.15, -0.1) is 0 Å². The Morgan fingerprint density at radius 2 is 0.667 bits per heavy atom. The van der Waals surface area contributed by atoms with Gasteiger partial charge in [-0.2, -0.15) is 0 Å². The Morgan fingerprint density at radius 1 is 0.350 bits per heavy atom. The van der Waals surface area contributed by atoms with Crippen LogP contribution >= 0.6 is 0 Å². The van der Waals surface area contributed by atoms with Gasteiger partial charge in [0, 0.05) is 19.4 Å². The third-order valence-electron chi connectivity index (χ3n) is 12.3. The second kappa shape index (κ2) is 52.0. The number of carbonyl (C=O) groups excluding carboxylic acids is 2. The van der Waals surface area contributed by atoms with Gasteiger partial charge < -0.3 is 14.2 Å². The monoisotopic (exact) mass is 847 g/mol. The highest BCUT2D eigenvalue weighted by atomic mass is 16.6. The molecule has 0 aliphatic rings. The molecular weight excluding hydrogens is 741 g/mol. The van der Waals surface area contributed by atoms with Gasteiger partial charge in [-0.3, -0.25) is 9.59 Å². The van der Waals surface area contributed by atoms with Gasteiger partial charge in [-0.1, -0.05) is 264 Å². The summed E-state index contributed by atoms with van der Waals surface area (Å²) in [5.41, 5.74) is 0. The minimum Gasteiger partial charge on any atom is -0.462 e. The van der Waals surface area contributed by atoms with E-state index in [1.807, 2.05) is 0 Å². The Hall–Kier alpha value is -1.36. The van der Waals surface area contributed by atoms with E-state index in [1.54, 1.807) is 0 Å². The third kappa shape index (κ3) is 49.3. The van der Waals surface area contributed by atoms with Gasteiger partial charge in [0.15, 0.2) is 6.10 Å². The first-order chi connectivity index (χ1) is 29.6. The quantitative estimate of drug-likeness (QED) is 0.0347. The van der Waals surface area contributed by atoms with Crippen LogP contribution in [0.4, 0.5) is 0 Å². The van der Waals surface area contributed by atoms with E-state index in [4.69, 9.17) is 14.2 Å². The first-order valence-electron chi connectivity index (χ1n) is 27.2. The van der Waals surface area contributed by atoms with E-state index in [0.29, 0.717) is 26.1 Å². The molecule has 0 N–H and O–H groups in total. The second-order valence-electron chi connectivity index (χ2n) is 18.5. The van der Waals surface area contributed by atoms with E-state index < -0.39 is 6.10 Å². The van der Waals surface area contributed by atoms with Crippen LogP contribution in [-0.4, -0.2) is 37.9 Å². The van der Waals surface area contributed by atoms with Crippen LogP contribution in [0.15, 0.2) is 12.2 Å². The number of carbonyl (C=O) groups is 2. The maximum Gasteiger partial charge on any atom is 0.306 e. The molecule has 0 saturated heterocycles. The normalized spacial score (nSPS) is 12.1. The van der Waals surface area contributed by atoms with Gasteiger partial charge in [-0.05, 0) is 38.5 Å². The molecule has 0 radical (unpaired) electrons. The zero-order valence-electron chi connectivity index (χ0n) is 41.0. The van der Waals surface area contributed by atoms with Gasteiger partial charge in [0.25, 0.3) is 0 Å². The number of ether oxygens (including phenoxy) is 3. The predicted molar refractivity (Wildman–Crippen MR) is 261 cm³/mol. The summed E-state index contributed by atoms with van der Waals surface area (Å²) in [7, 11) is 0. The number of unbranched alkanes of at least 4 members (excludes halogenated alkanes) is 38. The van der Waals surface area contributed by atoms with E-state index in [-0.39, 0.29) is 18.5 Å². The minimum absolute atomic E-state index is 0.0915. The smallest absolute Gasteiger partial charge is 0.306 e. The van der Waals surface area contributed by atoms with Crippen molar-refractivity contribution in [2.45, 2.75) is 309 Å². The van der Waals surface area contributed by atoms with Crippen LogP contribution in [-0.2, 0) is 23.8 Å². The summed E-state index contributed by atoms with van der Waals surface area (Å²) in [5.74, 6) is -0.386. The van der Waals surface area contributed by atoms with Crippen LogP contribution in [0.3, 0.4) is 0 Å². The number of esters is 2. The molecule has 1 atom stereocenters. The Balaban J connectivity index is 4.15. The average molecular weight is 847 g/mol. The second-order valence-corrected chi connectivity index (χ2v) is 18.5. The summed E-state index contributed by atoms with van der Waals surface area (Å²) in [5, 5.41) is 0. The molecule has 0 spiro atoms. The zero-order chi connectivity index (χ0) is 43.5. The fourth-order valence-electron chi connectivity index (χ4n) is 8.20. The highest BCUT2D eigenvalue weighted by Gasteiger charge is 2.17. The van der Waals surface area contributed by atoms with Gasteiger partial charge in [-0.25, -0.2) is 0 Å². The van der Waals surface area contributed by atoms with Crippen LogP contribution in [0.2, 0.25) is 0 Å². The molecule has 5 heteroatoms. The first-order valence-corrected chi connectivity index (χ1v) is 27.2. The van der Waals surface area contributed by atoms with Crippen LogP contribution < -0.4 is 0 Å². The molecule has 356 valence electrons. The molecule has 0 aliphatic carbocycles. The van der Waals surface area contributed by atoms with Crippen LogP contribution in [0.5, 0.6) is 0 Å². The van der Waals surface area contributed by atoms with Gasteiger partial charge in [0.2, 0.25) is 0 Å². The lowest BCUT2D eigenvalue weighted by atomic mass is 10.0. The molecule has 0 aromatic rings. The molecule has 0 aliphatic heterocycles. The van der Waals surface area contributed by atoms with Gasteiger partial charge in [0.1, 0.15) is 6.61 Å². The molecule has 0 heterocycles. The standard InChI is InChI=1S/C55H106O5/c1-4-7-10-13-16-19-22-24-26-27-28-30-32-35-38-41-44-47-50-58-51-53(60-55(57)49-46-43-40-37-33-21-18-15-12-9-6-3)52-59-54(56)48-45-42-39-36-34-31-29-25-23-20-17-14-11-8-5-2/h15,18,53H,4-14,16-17,19-52H2,1-3H3/b18-15-. The first kappa shape index (κ1) is 58.6. The number of allylic oxidation sites excluding steroid dienone is 2. The van der Waals surface area contributed by atoms with Crippen molar-refractivity contribution in [2.24, 2.45) is 0 Å². The van der Waals surface area contributed by atoms with Crippen LogP contribution in [0.25, 0.3) is 0 Å². The van der Waals surface area contributed by atoms with Crippen molar-refractivity contribution in [1.29, 1.82) is 0 Å². The Morgan fingerprint density at radius 3 is 1.07 bits per heavy atom. The maximum absolute atomic E-state index is 12.8. The molecule has 5 nitrogen and oxygen atoms in total. The molecule has 0 amide bonds. The highest BCUT2D eigenvalue weighted by Crippen LogP contribution is 2.17. The van der Waals surface area contributed by atoms with Crippen molar-refractivity contribution in [3.05, 3.63) is 12.2 Å². The summed E-state index contributed by atoms with van der Waals surface area (Å²) >= 11 is 0. The van der Waals surface area contributed by atoms with E-state index in [2.05, 4.69) is 32.9 Å². The van der Waals surface area contributed by atoms with Crippen molar-refractivity contribution in [3.63, 3.8) is 0 Å². The fourth-order valence-corrected chi connectivity index (χ4v) is 8.20.